The molecule has 0 aliphatic carbocycles. The molecule has 3 atom stereocenters. The Morgan fingerprint density at radius 3 is 2.88 bits per heavy atom. The van der Waals surface area contributed by atoms with Gasteiger partial charge in [-0.2, -0.15) is 0 Å². The highest BCUT2D eigenvalue weighted by Gasteiger charge is 2.36. The molecule has 6 nitrogen and oxygen atoms in total. The molecule has 0 unspecified atom stereocenters. The van der Waals surface area contributed by atoms with Crippen molar-refractivity contribution in [2.75, 3.05) is 13.1 Å². The second-order valence-electron chi connectivity index (χ2n) is 4.11. The van der Waals surface area contributed by atoms with Crippen LogP contribution in [-0.4, -0.2) is 55.9 Å². The van der Waals surface area contributed by atoms with Crippen LogP contribution in [0.2, 0.25) is 0 Å². The summed E-state index contributed by atoms with van der Waals surface area (Å²) in [6.07, 6.45) is 4.53. The van der Waals surface area contributed by atoms with Crippen molar-refractivity contribution in [2.45, 2.75) is 25.1 Å². The van der Waals surface area contributed by atoms with Gasteiger partial charge in [-0.3, -0.25) is 9.69 Å². The quantitative estimate of drug-likeness (QED) is 0.730. The molecule has 2 rings (SSSR count). The molecule has 16 heavy (non-hydrogen) atoms. The fraction of sp³-hybridized carbons (Fsp3) is 0.600. The zero-order chi connectivity index (χ0) is 11.7. The first kappa shape index (κ1) is 11.1. The van der Waals surface area contributed by atoms with Gasteiger partial charge in [0, 0.05) is 25.5 Å². The smallest absolute Gasteiger partial charge is 0.320 e. The number of aliphatic hydroxyl groups excluding tert-OH is 1. The molecule has 1 aromatic rings. The lowest BCUT2D eigenvalue weighted by molar-refractivity contribution is -0.142. The van der Waals surface area contributed by atoms with Gasteiger partial charge < -0.3 is 14.8 Å². The minimum atomic E-state index is -0.863. The minimum absolute atomic E-state index is 0.107. The van der Waals surface area contributed by atoms with E-state index >= 15 is 0 Å². The van der Waals surface area contributed by atoms with Gasteiger partial charge in [-0.1, -0.05) is 0 Å². The van der Waals surface area contributed by atoms with E-state index in [2.05, 4.69) is 4.98 Å². The maximum atomic E-state index is 10.8. The van der Waals surface area contributed by atoms with E-state index in [9.17, 15) is 9.90 Å². The number of aliphatic carboxylic acids is 1. The summed E-state index contributed by atoms with van der Waals surface area (Å²) in [4.78, 5) is 16.5. The molecular weight excluding hydrogens is 210 g/mol. The molecule has 1 aromatic heterocycles. The molecule has 0 bridgehead atoms. The Morgan fingerprint density at radius 1 is 1.56 bits per heavy atom. The van der Waals surface area contributed by atoms with Crippen LogP contribution in [0.5, 0.6) is 0 Å². The van der Waals surface area contributed by atoms with E-state index < -0.39 is 18.1 Å². The fourth-order valence-electron chi connectivity index (χ4n) is 2.03. The van der Waals surface area contributed by atoms with Crippen LogP contribution in [0.3, 0.4) is 0 Å². The van der Waals surface area contributed by atoms with Crippen molar-refractivity contribution in [3.63, 3.8) is 0 Å². The number of carboxylic acid groups (broad SMARTS) is 1. The van der Waals surface area contributed by atoms with Crippen LogP contribution in [0.25, 0.3) is 0 Å². The van der Waals surface area contributed by atoms with Crippen molar-refractivity contribution in [3.05, 3.63) is 18.7 Å². The molecule has 0 amide bonds. The van der Waals surface area contributed by atoms with Gasteiger partial charge >= 0.3 is 5.97 Å². The van der Waals surface area contributed by atoms with Crippen molar-refractivity contribution in [1.29, 1.82) is 0 Å². The van der Waals surface area contributed by atoms with E-state index in [1.807, 2.05) is 4.57 Å². The molecule has 2 N–H and O–H groups in total. The maximum Gasteiger partial charge on any atom is 0.320 e. The molecule has 2 heterocycles. The zero-order valence-electron chi connectivity index (χ0n) is 9.02. The predicted molar refractivity (Wildman–Crippen MR) is 55.9 cm³/mol. The number of rotatable bonds is 3. The summed E-state index contributed by atoms with van der Waals surface area (Å²) in [7, 11) is 0. The normalized spacial score (nSPS) is 28.1. The van der Waals surface area contributed by atoms with Crippen molar-refractivity contribution in [2.24, 2.45) is 0 Å². The minimum Gasteiger partial charge on any atom is -0.480 e. The largest absolute Gasteiger partial charge is 0.480 e. The third-order valence-corrected chi connectivity index (χ3v) is 3.10. The Morgan fingerprint density at radius 2 is 2.31 bits per heavy atom. The molecule has 0 saturated carbocycles. The number of nitrogens with zero attached hydrogens (tertiary/aromatic N) is 3. The van der Waals surface area contributed by atoms with E-state index in [0.717, 1.165) is 0 Å². The Balaban J connectivity index is 2.07. The second-order valence-corrected chi connectivity index (χ2v) is 4.11. The number of carboxylic acids is 1. The second kappa shape index (κ2) is 4.23. The maximum absolute atomic E-state index is 10.8. The number of hydrogen-bond acceptors (Lipinski definition) is 4. The summed E-state index contributed by atoms with van der Waals surface area (Å²) < 4.78 is 1.82. The SMILES string of the molecule is C[C@H](C(=O)O)N1C[C@H](O)[C@@H](n2ccnc2)C1. The molecule has 1 aliphatic rings. The number of aromatic nitrogens is 2. The van der Waals surface area contributed by atoms with Crippen LogP contribution in [0, 0.1) is 0 Å². The number of aliphatic hydroxyl groups is 1. The van der Waals surface area contributed by atoms with Gasteiger partial charge in [0.15, 0.2) is 0 Å². The summed E-state index contributed by atoms with van der Waals surface area (Å²) in [5, 5.41) is 18.8. The first-order chi connectivity index (χ1) is 7.59. The first-order valence-corrected chi connectivity index (χ1v) is 5.22. The van der Waals surface area contributed by atoms with Crippen LogP contribution in [0.15, 0.2) is 18.7 Å². The van der Waals surface area contributed by atoms with Crippen LogP contribution in [-0.2, 0) is 4.79 Å². The number of hydrogen-bond donors (Lipinski definition) is 2. The Labute approximate surface area is 93.1 Å². The third-order valence-electron chi connectivity index (χ3n) is 3.10. The van der Waals surface area contributed by atoms with Crippen LogP contribution < -0.4 is 0 Å². The summed E-state index contributed by atoms with van der Waals surface area (Å²) in [6, 6.07) is -0.674. The highest BCUT2D eigenvalue weighted by Crippen LogP contribution is 2.23. The van der Waals surface area contributed by atoms with Crippen molar-refractivity contribution >= 4 is 5.97 Å². The Bertz CT molecular complexity index is 365. The standard InChI is InChI=1S/C10H15N3O3/c1-7(10(15)16)13-4-8(9(14)5-13)12-3-2-11-6-12/h2-3,6-9,14H,4-5H2,1H3,(H,15,16)/t7-,8+,9+/m1/s1. The van der Waals surface area contributed by atoms with E-state index in [1.165, 1.54) is 0 Å². The Kier molecular flexibility index (Phi) is 2.93. The van der Waals surface area contributed by atoms with Crippen LogP contribution in [0.1, 0.15) is 13.0 Å². The van der Waals surface area contributed by atoms with Gasteiger partial charge in [-0.25, -0.2) is 4.98 Å². The highest BCUT2D eigenvalue weighted by molar-refractivity contribution is 5.72. The van der Waals surface area contributed by atoms with Crippen molar-refractivity contribution in [1.82, 2.24) is 14.5 Å². The molecular formula is C10H15N3O3. The average molecular weight is 225 g/mol. The molecule has 88 valence electrons. The van der Waals surface area contributed by atoms with Gasteiger partial charge in [-0.05, 0) is 6.92 Å². The monoisotopic (exact) mass is 225 g/mol. The van der Waals surface area contributed by atoms with E-state index in [4.69, 9.17) is 5.11 Å². The number of imidazole rings is 1. The van der Waals surface area contributed by atoms with Crippen molar-refractivity contribution < 1.29 is 15.0 Å². The van der Waals surface area contributed by atoms with Gasteiger partial charge in [-0.15, -0.1) is 0 Å². The number of β-amino-alcohol motifs (C(OH)–C–C–N with tert-alkyl or cyclic N) is 1. The summed E-state index contributed by atoms with van der Waals surface area (Å²) in [6.45, 7) is 2.55. The van der Waals surface area contributed by atoms with Crippen LogP contribution >= 0.6 is 0 Å². The third kappa shape index (κ3) is 1.94. The Hall–Kier alpha value is -1.40. The zero-order valence-corrected chi connectivity index (χ0v) is 9.02. The highest BCUT2D eigenvalue weighted by atomic mass is 16.4. The summed E-state index contributed by atoms with van der Waals surface area (Å²) >= 11 is 0. The van der Waals surface area contributed by atoms with Crippen molar-refractivity contribution in [3.8, 4) is 0 Å². The topological polar surface area (TPSA) is 78.6 Å². The number of carbonyl (C=O) groups is 1. The lowest BCUT2D eigenvalue weighted by Crippen LogP contribution is -2.37. The molecule has 1 aliphatic heterocycles. The molecule has 1 fully saturated rings. The van der Waals surface area contributed by atoms with E-state index in [-0.39, 0.29) is 6.04 Å². The van der Waals surface area contributed by atoms with Crippen LogP contribution in [0.4, 0.5) is 0 Å². The summed E-state index contributed by atoms with van der Waals surface area (Å²) in [5.41, 5.74) is 0. The van der Waals surface area contributed by atoms with Gasteiger partial charge in [0.2, 0.25) is 0 Å². The van der Waals surface area contributed by atoms with Gasteiger partial charge in [0.05, 0.1) is 18.5 Å². The summed E-state index contributed by atoms with van der Waals surface area (Å²) in [5.74, 6) is -0.863. The van der Waals surface area contributed by atoms with E-state index in [0.29, 0.717) is 13.1 Å². The fourth-order valence-corrected chi connectivity index (χ4v) is 2.03. The molecule has 0 radical (unpaired) electrons. The predicted octanol–water partition coefficient (Wildman–Crippen LogP) is -0.426. The molecule has 1 saturated heterocycles. The molecule has 6 heteroatoms. The molecule has 0 spiro atoms. The lowest BCUT2D eigenvalue weighted by atomic mass is 10.2. The lowest BCUT2D eigenvalue weighted by Gasteiger charge is -2.20. The van der Waals surface area contributed by atoms with E-state index in [1.54, 1.807) is 30.5 Å². The average Bonchev–Trinajstić information content (AvgIpc) is 2.84. The first-order valence-electron chi connectivity index (χ1n) is 5.22. The molecule has 0 aromatic carbocycles. The van der Waals surface area contributed by atoms with Gasteiger partial charge in [0.1, 0.15) is 6.04 Å². The number of likely N-dealkylation sites (tertiary alicyclic amines) is 1. The van der Waals surface area contributed by atoms with Gasteiger partial charge in [0.25, 0.3) is 0 Å².